The lowest BCUT2D eigenvalue weighted by molar-refractivity contribution is -0.150. The Morgan fingerprint density at radius 3 is 2.51 bits per heavy atom. The van der Waals surface area contributed by atoms with Gasteiger partial charge in [-0.05, 0) is 46.1 Å². The second-order valence-corrected chi connectivity index (χ2v) is 9.61. The van der Waals surface area contributed by atoms with Crippen molar-refractivity contribution in [2.75, 3.05) is 20.0 Å². The number of amides is 2. The van der Waals surface area contributed by atoms with Crippen LogP contribution < -0.4 is 15.4 Å². The summed E-state index contributed by atoms with van der Waals surface area (Å²) < 4.78 is 10.7. The topological polar surface area (TPSA) is 118 Å². The van der Waals surface area contributed by atoms with Gasteiger partial charge < -0.3 is 20.1 Å². The van der Waals surface area contributed by atoms with Gasteiger partial charge >= 0.3 is 5.97 Å². The number of benzene rings is 2. The number of nitriles is 1. The van der Waals surface area contributed by atoms with Gasteiger partial charge in [0.15, 0.2) is 0 Å². The number of nitrogens with one attached hydrogen (secondary N) is 2. The summed E-state index contributed by atoms with van der Waals surface area (Å²) in [5, 5.41) is 15.7. The average molecular weight is 558 g/mol. The van der Waals surface area contributed by atoms with Crippen LogP contribution in [0, 0.1) is 24.2 Å². The summed E-state index contributed by atoms with van der Waals surface area (Å²) in [5.41, 5.74) is 2.82. The molecule has 10 heteroatoms. The number of allylic oxidation sites excluding steroid dienone is 1. The van der Waals surface area contributed by atoms with E-state index in [0.29, 0.717) is 22.3 Å². The van der Waals surface area contributed by atoms with Crippen molar-refractivity contribution in [2.24, 2.45) is 5.92 Å². The van der Waals surface area contributed by atoms with E-state index in [2.05, 4.69) is 32.6 Å². The van der Waals surface area contributed by atoms with E-state index >= 15 is 0 Å². The van der Waals surface area contributed by atoms with E-state index < -0.39 is 23.7 Å². The van der Waals surface area contributed by atoms with Crippen molar-refractivity contribution >= 4 is 45.5 Å². The molecular weight excluding hydrogens is 534 g/mol. The van der Waals surface area contributed by atoms with Crippen molar-refractivity contribution in [3.63, 3.8) is 0 Å². The quantitative estimate of drug-likeness (QED) is 0.376. The molecule has 35 heavy (non-hydrogen) atoms. The fraction of sp³-hybridized carbons (Fsp3) is 0.280. The highest BCUT2D eigenvalue weighted by molar-refractivity contribution is 9.10. The third kappa shape index (κ3) is 6.24. The molecule has 8 nitrogen and oxygen atoms in total. The molecule has 182 valence electrons. The number of hydrogen-bond donors (Lipinski definition) is 2. The maximum Gasteiger partial charge on any atom is 0.319 e. The van der Waals surface area contributed by atoms with Gasteiger partial charge in [-0.15, -0.1) is 0 Å². The zero-order valence-corrected chi connectivity index (χ0v) is 21.8. The van der Waals surface area contributed by atoms with E-state index in [0.717, 1.165) is 22.9 Å². The van der Waals surface area contributed by atoms with Gasteiger partial charge in [-0.25, -0.2) is 0 Å². The summed E-state index contributed by atoms with van der Waals surface area (Å²) in [5.74, 6) is -3.22. The monoisotopic (exact) mass is 557 g/mol. The minimum Gasteiger partial charge on any atom is -0.496 e. The molecule has 2 N–H and O–H groups in total. The first kappa shape index (κ1) is 26.3. The molecule has 2 atom stereocenters. The molecule has 0 aliphatic carbocycles. The SMILES string of the molecule is COC(=O)[C@H]1C(=O)NC(SCC(=O)NCc2ccc(C)cc2)=C(C#N)[C@@H]1c1ccc(OC)c(Br)c1. The van der Waals surface area contributed by atoms with Crippen molar-refractivity contribution < 1.29 is 23.9 Å². The number of thioether (sulfide) groups is 1. The van der Waals surface area contributed by atoms with Gasteiger partial charge in [0, 0.05) is 12.5 Å². The number of esters is 1. The van der Waals surface area contributed by atoms with E-state index in [1.165, 1.54) is 14.2 Å². The lowest BCUT2D eigenvalue weighted by Crippen LogP contribution is -2.44. The van der Waals surface area contributed by atoms with Crippen molar-refractivity contribution in [3.05, 3.63) is 74.2 Å². The summed E-state index contributed by atoms with van der Waals surface area (Å²) in [4.78, 5) is 37.9. The fourth-order valence-electron chi connectivity index (χ4n) is 3.65. The summed E-state index contributed by atoms with van der Waals surface area (Å²) >= 11 is 4.45. The standard InChI is InChI=1S/C25H24BrN3O5S/c1-14-4-6-15(7-5-14)12-28-20(30)13-35-24-17(11-27)21(22(23(31)29-24)25(32)34-3)16-8-9-19(33-2)18(26)10-16/h4-10,21-22H,12-13H2,1-3H3,(H,28,30)(H,29,31)/t21-,22+/m0/s1. The van der Waals surface area contributed by atoms with Crippen LogP contribution in [0.15, 0.2) is 57.5 Å². The van der Waals surface area contributed by atoms with E-state index in [9.17, 15) is 19.6 Å². The molecule has 0 radical (unpaired) electrons. The molecule has 0 bridgehead atoms. The molecule has 0 saturated carbocycles. The van der Waals surface area contributed by atoms with Crippen molar-refractivity contribution in [2.45, 2.75) is 19.4 Å². The van der Waals surface area contributed by atoms with Gasteiger partial charge in [-0.2, -0.15) is 5.26 Å². The highest BCUT2D eigenvalue weighted by Crippen LogP contribution is 2.42. The molecular formula is C25H24BrN3O5S. The minimum atomic E-state index is -1.25. The molecule has 1 aliphatic rings. The summed E-state index contributed by atoms with van der Waals surface area (Å²) in [6.45, 7) is 2.35. The van der Waals surface area contributed by atoms with Crippen LogP contribution in [0.3, 0.4) is 0 Å². The molecule has 0 aromatic heterocycles. The smallest absolute Gasteiger partial charge is 0.319 e. The van der Waals surface area contributed by atoms with E-state index in [4.69, 9.17) is 9.47 Å². The number of ether oxygens (including phenoxy) is 2. The van der Waals surface area contributed by atoms with Gasteiger partial charge in [-0.3, -0.25) is 14.4 Å². The molecule has 3 rings (SSSR count). The van der Waals surface area contributed by atoms with E-state index in [1.807, 2.05) is 31.2 Å². The number of halogens is 1. The first-order chi connectivity index (χ1) is 16.8. The number of hydrogen-bond acceptors (Lipinski definition) is 7. The van der Waals surface area contributed by atoms with Gasteiger partial charge in [0.2, 0.25) is 11.8 Å². The molecule has 1 heterocycles. The number of nitrogens with zero attached hydrogens (tertiary/aromatic N) is 1. The Morgan fingerprint density at radius 2 is 1.91 bits per heavy atom. The minimum absolute atomic E-state index is 0.0193. The average Bonchev–Trinajstić information content (AvgIpc) is 2.86. The summed E-state index contributed by atoms with van der Waals surface area (Å²) in [6, 6.07) is 15.0. The van der Waals surface area contributed by atoms with Crippen LogP contribution in [0.4, 0.5) is 0 Å². The molecule has 0 saturated heterocycles. The predicted molar refractivity (Wildman–Crippen MR) is 135 cm³/mol. The van der Waals surface area contributed by atoms with Crippen LogP contribution in [-0.2, 0) is 25.7 Å². The van der Waals surface area contributed by atoms with Crippen LogP contribution in [-0.4, -0.2) is 37.8 Å². The zero-order chi connectivity index (χ0) is 25.5. The zero-order valence-electron chi connectivity index (χ0n) is 19.4. The van der Waals surface area contributed by atoms with Gasteiger partial charge in [-0.1, -0.05) is 47.7 Å². The Labute approximate surface area is 216 Å². The van der Waals surface area contributed by atoms with E-state index in [-0.39, 0.29) is 22.3 Å². The maximum atomic E-state index is 12.9. The molecule has 2 aromatic carbocycles. The van der Waals surface area contributed by atoms with Gasteiger partial charge in [0.1, 0.15) is 11.7 Å². The molecule has 1 aliphatic heterocycles. The van der Waals surface area contributed by atoms with Gasteiger partial charge in [0.25, 0.3) is 0 Å². The first-order valence-corrected chi connectivity index (χ1v) is 12.4. The fourth-order valence-corrected chi connectivity index (χ4v) is 5.09. The summed E-state index contributed by atoms with van der Waals surface area (Å²) in [6.07, 6.45) is 0. The van der Waals surface area contributed by atoms with Crippen molar-refractivity contribution in [1.29, 1.82) is 5.26 Å². The second kappa shape index (κ2) is 11.9. The number of aryl methyl sites for hydroxylation is 1. The van der Waals surface area contributed by atoms with Crippen molar-refractivity contribution in [1.82, 2.24) is 10.6 Å². The number of methoxy groups -OCH3 is 2. The van der Waals surface area contributed by atoms with Crippen LogP contribution in [0.5, 0.6) is 5.75 Å². The molecule has 2 amide bonds. The van der Waals surface area contributed by atoms with Crippen LogP contribution >= 0.6 is 27.7 Å². The summed E-state index contributed by atoms with van der Waals surface area (Å²) in [7, 11) is 2.71. The normalized spacial score (nSPS) is 17.3. The van der Waals surface area contributed by atoms with Crippen LogP contribution in [0.2, 0.25) is 0 Å². The largest absolute Gasteiger partial charge is 0.496 e. The van der Waals surface area contributed by atoms with E-state index in [1.54, 1.807) is 18.2 Å². The third-order valence-electron chi connectivity index (χ3n) is 5.48. The Hall–Kier alpha value is -3.29. The first-order valence-electron chi connectivity index (χ1n) is 10.6. The Morgan fingerprint density at radius 1 is 1.20 bits per heavy atom. The predicted octanol–water partition coefficient (Wildman–Crippen LogP) is 3.55. The lowest BCUT2D eigenvalue weighted by Gasteiger charge is -2.31. The lowest BCUT2D eigenvalue weighted by atomic mass is 9.78. The molecule has 2 aromatic rings. The Balaban J connectivity index is 1.85. The Bertz CT molecular complexity index is 1210. The van der Waals surface area contributed by atoms with Crippen molar-refractivity contribution in [3.8, 4) is 11.8 Å². The number of carbonyl (C=O) groups excluding carboxylic acids is 3. The maximum absolute atomic E-state index is 12.9. The molecule has 0 fully saturated rings. The third-order valence-corrected chi connectivity index (χ3v) is 7.11. The highest BCUT2D eigenvalue weighted by atomic mass is 79.9. The Kier molecular flexibility index (Phi) is 8.95. The second-order valence-electron chi connectivity index (χ2n) is 7.77. The number of carbonyl (C=O) groups is 3. The van der Waals surface area contributed by atoms with Crippen LogP contribution in [0.25, 0.3) is 0 Å². The molecule has 0 unspecified atom stereocenters. The van der Waals surface area contributed by atoms with Gasteiger partial charge in [0.05, 0.1) is 41.1 Å². The highest BCUT2D eigenvalue weighted by Gasteiger charge is 2.44. The van der Waals surface area contributed by atoms with Crippen LogP contribution in [0.1, 0.15) is 22.6 Å². The number of rotatable bonds is 8. The molecule has 0 spiro atoms.